The second-order valence-corrected chi connectivity index (χ2v) is 6.82. The molecule has 2 aromatic rings. The van der Waals surface area contributed by atoms with Gasteiger partial charge in [0.05, 0.1) is 7.11 Å². The SMILES string of the molecule is COc1ccc(C(CNCc2ccccc2OC(F)(F)F)N2CCCC2)cc1. The maximum atomic E-state index is 12.6. The van der Waals surface area contributed by atoms with E-state index in [2.05, 4.69) is 15.0 Å². The summed E-state index contributed by atoms with van der Waals surface area (Å²) >= 11 is 0. The molecule has 1 aliphatic heterocycles. The van der Waals surface area contributed by atoms with Crippen LogP contribution in [0, 0.1) is 0 Å². The number of likely N-dealkylation sites (tertiary alicyclic amines) is 1. The lowest BCUT2D eigenvalue weighted by atomic mass is 10.0. The highest BCUT2D eigenvalue weighted by molar-refractivity contribution is 5.33. The van der Waals surface area contributed by atoms with Crippen molar-refractivity contribution < 1.29 is 22.6 Å². The Morgan fingerprint density at radius 3 is 2.36 bits per heavy atom. The normalized spacial score (nSPS) is 16.1. The van der Waals surface area contributed by atoms with Gasteiger partial charge in [-0.3, -0.25) is 4.90 Å². The van der Waals surface area contributed by atoms with E-state index in [1.54, 1.807) is 19.2 Å². The lowest BCUT2D eigenvalue weighted by Gasteiger charge is -2.28. The quantitative estimate of drug-likeness (QED) is 0.714. The molecule has 1 fully saturated rings. The van der Waals surface area contributed by atoms with Gasteiger partial charge in [0.15, 0.2) is 0 Å². The molecule has 0 spiro atoms. The highest BCUT2D eigenvalue weighted by Crippen LogP contribution is 2.28. The molecule has 0 bridgehead atoms. The minimum atomic E-state index is -4.70. The van der Waals surface area contributed by atoms with E-state index in [1.165, 1.54) is 12.1 Å². The number of hydrogen-bond donors (Lipinski definition) is 1. The second-order valence-electron chi connectivity index (χ2n) is 6.82. The van der Waals surface area contributed by atoms with Crippen LogP contribution in [0.3, 0.4) is 0 Å². The Kier molecular flexibility index (Phi) is 6.80. The molecule has 0 amide bonds. The zero-order valence-corrected chi connectivity index (χ0v) is 15.8. The molecule has 1 N–H and O–H groups in total. The van der Waals surface area contributed by atoms with Crippen molar-refractivity contribution in [3.8, 4) is 11.5 Å². The number of ether oxygens (including phenoxy) is 2. The third kappa shape index (κ3) is 5.62. The Balaban J connectivity index is 1.67. The van der Waals surface area contributed by atoms with E-state index >= 15 is 0 Å². The molecule has 1 unspecified atom stereocenters. The number of nitrogens with one attached hydrogen (secondary N) is 1. The third-order valence-electron chi connectivity index (χ3n) is 4.93. The number of rotatable bonds is 8. The first-order valence-corrected chi connectivity index (χ1v) is 9.38. The van der Waals surface area contributed by atoms with Crippen LogP contribution in [0.15, 0.2) is 48.5 Å². The molecular weight excluding hydrogens is 369 g/mol. The minimum absolute atomic E-state index is 0.157. The van der Waals surface area contributed by atoms with Gasteiger partial charge in [0, 0.05) is 24.7 Å². The number of methoxy groups -OCH3 is 1. The van der Waals surface area contributed by atoms with Crippen LogP contribution in [-0.4, -0.2) is 38.0 Å². The fraction of sp³-hybridized carbons (Fsp3) is 0.429. The molecule has 0 saturated carbocycles. The Morgan fingerprint density at radius 2 is 1.71 bits per heavy atom. The Labute approximate surface area is 163 Å². The average molecular weight is 394 g/mol. The molecule has 3 rings (SSSR count). The lowest BCUT2D eigenvalue weighted by molar-refractivity contribution is -0.274. The smallest absolute Gasteiger partial charge is 0.497 e. The standard InChI is InChI=1S/C21H25F3N2O2/c1-27-18-10-8-16(9-11-18)19(26-12-4-5-13-26)15-25-14-17-6-2-3-7-20(17)28-21(22,23)24/h2-3,6-11,19,25H,4-5,12-15H2,1H3. The van der Waals surface area contributed by atoms with Crippen LogP contribution in [0.5, 0.6) is 11.5 Å². The predicted molar refractivity (Wildman–Crippen MR) is 101 cm³/mol. The van der Waals surface area contributed by atoms with Gasteiger partial charge in [0.1, 0.15) is 11.5 Å². The summed E-state index contributed by atoms with van der Waals surface area (Å²) < 4.78 is 47.2. The zero-order chi connectivity index (χ0) is 20.0. The van der Waals surface area contributed by atoms with Gasteiger partial charge >= 0.3 is 6.36 Å². The molecule has 0 aliphatic carbocycles. The summed E-state index contributed by atoms with van der Waals surface area (Å²) in [6.07, 6.45) is -2.37. The van der Waals surface area contributed by atoms with Gasteiger partial charge in [-0.1, -0.05) is 30.3 Å². The van der Waals surface area contributed by atoms with Crippen LogP contribution in [0.2, 0.25) is 0 Å². The zero-order valence-electron chi connectivity index (χ0n) is 15.8. The van der Waals surface area contributed by atoms with E-state index in [4.69, 9.17) is 4.74 Å². The van der Waals surface area contributed by atoms with Crippen LogP contribution in [0.4, 0.5) is 13.2 Å². The number of halogens is 3. The molecule has 2 aromatic carbocycles. The van der Waals surface area contributed by atoms with Crippen molar-refractivity contribution in [3.05, 3.63) is 59.7 Å². The van der Waals surface area contributed by atoms with Crippen molar-refractivity contribution in [2.75, 3.05) is 26.7 Å². The molecule has 1 aliphatic rings. The van der Waals surface area contributed by atoms with Crippen LogP contribution in [0.1, 0.15) is 30.0 Å². The summed E-state index contributed by atoms with van der Waals surface area (Å²) in [5.41, 5.74) is 1.64. The van der Waals surface area contributed by atoms with Crippen LogP contribution >= 0.6 is 0 Å². The lowest BCUT2D eigenvalue weighted by Crippen LogP contribution is -2.34. The van der Waals surface area contributed by atoms with Gasteiger partial charge in [-0.05, 0) is 49.7 Å². The summed E-state index contributed by atoms with van der Waals surface area (Å²) in [7, 11) is 1.63. The van der Waals surface area contributed by atoms with E-state index in [0.717, 1.165) is 37.2 Å². The predicted octanol–water partition coefficient (Wildman–Crippen LogP) is 4.52. The number of hydrogen-bond acceptors (Lipinski definition) is 4. The van der Waals surface area contributed by atoms with Crippen LogP contribution in [-0.2, 0) is 6.54 Å². The van der Waals surface area contributed by atoms with Gasteiger partial charge in [0.25, 0.3) is 0 Å². The summed E-state index contributed by atoms with van der Waals surface area (Å²) in [6, 6.07) is 14.4. The first-order chi connectivity index (χ1) is 13.5. The maximum absolute atomic E-state index is 12.6. The molecule has 0 radical (unpaired) electrons. The van der Waals surface area contributed by atoms with Crippen LogP contribution < -0.4 is 14.8 Å². The van der Waals surface area contributed by atoms with E-state index in [-0.39, 0.29) is 11.8 Å². The topological polar surface area (TPSA) is 33.7 Å². The number of alkyl halides is 3. The van der Waals surface area contributed by atoms with Gasteiger partial charge < -0.3 is 14.8 Å². The molecule has 1 atom stereocenters. The molecule has 152 valence electrons. The molecule has 1 heterocycles. The highest BCUT2D eigenvalue weighted by Gasteiger charge is 2.32. The first-order valence-electron chi connectivity index (χ1n) is 9.38. The van der Waals surface area contributed by atoms with Gasteiger partial charge in [-0.25, -0.2) is 0 Å². The van der Waals surface area contributed by atoms with E-state index in [1.807, 2.05) is 24.3 Å². The Hall–Kier alpha value is -2.25. The van der Waals surface area contributed by atoms with Crippen molar-refractivity contribution >= 4 is 0 Å². The summed E-state index contributed by atoms with van der Waals surface area (Å²) in [6.45, 7) is 2.97. The maximum Gasteiger partial charge on any atom is 0.573 e. The van der Waals surface area contributed by atoms with Gasteiger partial charge in [-0.2, -0.15) is 0 Å². The number of benzene rings is 2. The van der Waals surface area contributed by atoms with E-state index in [0.29, 0.717) is 18.7 Å². The summed E-state index contributed by atoms with van der Waals surface area (Å²) in [5, 5.41) is 3.31. The van der Waals surface area contributed by atoms with Crippen molar-refractivity contribution in [1.29, 1.82) is 0 Å². The Morgan fingerprint density at radius 1 is 1.04 bits per heavy atom. The summed E-state index contributed by atoms with van der Waals surface area (Å²) in [4.78, 5) is 2.41. The van der Waals surface area contributed by atoms with Crippen molar-refractivity contribution in [2.24, 2.45) is 0 Å². The fourth-order valence-corrected chi connectivity index (χ4v) is 3.55. The molecule has 28 heavy (non-hydrogen) atoms. The molecule has 0 aromatic heterocycles. The van der Waals surface area contributed by atoms with Gasteiger partial charge in [-0.15, -0.1) is 13.2 Å². The fourth-order valence-electron chi connectivity index (χ4n) is 3.55. The van der Waals surface area contributed by atoms with Crippen molar-refractivity contribution in [1.82, 2.24) is 10.2 Å². The van der Waals surface area contributed by atoms with Crippen LogP contribution in [0.25, 0.3) is 0 Å². The van der Waals surface area contributed by atoms with Crippen molar-refractivity contribution in [2.45, 2.75) is 31.8 Å². The molecular formula is C21H25F3N2O2. The highest BCUT2D eigenvalue weighted by atomic mass is 19.4. The van der Waals surface area contributed by atoms with Crippen molar-refractivity contribution in [3.63, 3.8) is 0 Å². The molecule has 4 nitrogen and oxygen atoms in total. The second kappa shape index (κ2) is 9.30. The first kappa shape index (κ1) is 20.5. The van der Waals surface area contributed by atoms with Gasteiger partial charge in [0.2, 0.25) is 0 Å². The average Bonchev–Trinajstić information content (AvgIpc) is 3.20. The number of nitrogens with zero attached hydrogens (tertiary/aromatic N) is 1. The Bertz CT molecular complexity index is 744. The van der Waals surface area contributed by atoms with E-state index < -0.39 is 6.36 Å². The summed E-state index contributed by atoms with van der Waals surface area (Å²) in [5.74, 6) is 0.639. The van der Waals surface area contributed by atoms with E-state index in [9.17, 15) is 13.2 Å². The largest absolute Gasteiger partial charge is 0.573 e. The monoisotopic (exact) mass is 394 g/mol. The number of para-hydroxylation sites is 1. The minimum Gasteiger partial charge on any atom is -0.497 e. The molecule has 7 heteroatoms. The molecule has 1 saturated heterocycles. The third-order valence-corrected chi connectivity index (χ3v) is 4.93.